The van der Waals surface area contributed by atoms with Crippen molar-refractivity contribution < 1.29 is 4.39 Å². The van der Waals surface area contributed by atoms with E-state index in [2.05, 4.69) is 9.97 Å². The normalized spacial score (nSPS) is 13.9. The lowest BCUT2D eigenvalue weighted by molar-refractivity contribution is 0.611. The van der Waals surface area contributed by atoms with Crippen LogP contribution in [0.25, 0.3) is 0 Å². The minimum absolute atomic E-state index is 0.0609. The quantitative estimate of drug-likeness (QED) is 0.728. The molecule has 0 spiro atoms. The van der Waals surface area contributed by atoms with Gasteiger partial charge in [0, 0.05) is 12.2 Å². The minimum atomic E-state index is -0.453. The van der Waals surface area contributed by atoms with Crippen LogP contribution in [0.3, 0.4) is 0 Å². The maximum atomic E-state index is 13.7. The molecule has 17 heavy (non-hydrogen) atoms. The zero-order valence-electron chi connectivity index (χ0n) is 8.90. The van der Waals surface area contributed by atoms with Gasteiger partial charge in [-0.15, -0.1) is 0 Å². The molecule has 0 amide bonds. The zero-order chi connectivity index (χ0) is 11.8. The highest BCUT2D eigenvalue weighted by molar-refractivity contribution is 6.28. The number of nitrogens with zero attached hydrogens (tertiary/aromatic N) is 3. The van der Waals surface area contributed by atoms with Gasteiger partial charge in [0.2, 0.25) is 5.28 Å². The fourth-order valence-corrected chi connectivity index (χ4v) is 2.21. The van der Waals surface area contributed by atoms with Gasteiger partial charge in [-0.25, -0.2) is 9.37 Å². The lowest BCUT2D eigenvalue weighted by Crippen LogP contribution is -2.16. The Morgan fingerprint density at radius 1 is 1.29 bits per heavy atom. The van der Waals surface area contributed by atoms with Crippen LogP contribution in [-0.2, 0) is 6.42 Å². The number of anilines is 2. The summed E-state index contributed by atoms with van der Waals surface area (Å²) in [7, 11) is 0. The van der Waals surface area contributed by atoms with Crippen molar-refractivity contribution in [3.8, 4) is 0 Å². The van der Waals surface area contributed by atoms with Crippen LogP contribution >= 0.6 is 11.6 Å². The van der Waals surface area contributed by atoms with Crippen LogP contribution in [0.5, 0.6) is 0 Å². The molecule has 0 fully saturated rings. The first-order valence-corrected chi connectivity index (χ1v) is 5.67. The topological polar surface area (TPSA) is 29.0 Å². The Balaban J connectivity index is 2.10. The molecule has 0 unspecified atom stereocenters. The summed E-state index contributed by atoms with van der Waals surface area (Å²) in [5.41, 5.74) is 2.18. The predicted molar refractivity (Wildman–Crippen MR) is 64.2 cm³/mol. The molecular formula is C12H9ClFN3. The Labute approximate surface area is 103 Å². The third kappa shape index (κ3) is 1.74. The minimum Gasteiger partial charge on any atom is -0.323 e. The molecule has 5 heteroatoms. The molecular weight excluding hydrogens is 241 g/mol. The van der Waals surface area contributed by atoms with E-state index in [9.17, 15) is 4.39 Å². The second-order valence-electron chi connectivity index (χ2n) is 3.84. The van der Waals surface area contributed by atoms with Crippen molar-refractivity contribution in [3.63, 3.8) is 0 Å². The van der Waals surface area contributed by atoms with Crippen molar-refractivity contribution in [2.45, 2.75) is 6.42 Å². The van der Waals surface area contributed by atoms with Gasteiger partial charge in [-0.3, -0.25) is 0 Å². The van der Waals surface area contributed by atoms with E-state index in [4.69, 9.17) is 11.6 Å². The average Bonchev–Trinajstić information content (AvgIpc) is 2.76. The highest BCUT2D eigenvalue weighted by atomic mass is 35.5. The lowest BCUT2D eigenvalue weighted by Gasteiger charge is -2.18. The van der Waals surface area contributed by atoms with Crippen LogP contribution in [-0.4, -0.2) is 16.5 Å². The summed E-state index contributed by atoms with van der Waals surface area (Å²) >= 11 is 5.71. The zero-order valence-corrected chi connectivity index (χ0v) is 9.65. The number of halogens is 2. The van der Waals surface area contributed by atoms with Gasteiger partial charge in [-0.1, -0.05) is 18.2 Å². The Kier molecular flexibility index (Phi) is 2.44. The Hall–Kier alpha value is -1.68. The maximum Gasteiger partial charge on any atom is 0.224 e. The van der Waals surface area contributed by atoms with Gasteiger partial charge in [-0.05, 0) is 29.7 Å². The highest BCUT2D eigenvalue weighted by Crippen LogP contribution is 2.34. The van der Waals surface area contributed by atoms with Gasteiger partial charge in [0.15, 0.2) is 11.6 Å². The number of para-hydroxylation sites is 1. The fourth-order valence-electron chi connectivity index (χ4n) is 2.08. The van der Waals surface area contributed by atoms with E-state index < -0.39 is 5.82 Å². The standard InChI is InChI=1S/C12H9ClFN3/c13-12-15-7-9(14)11(16-12)17-6-5-8-3-1-2-4-10(8)17/h1-4,7H,5-6H2. The van der Waals surface area contributed by atoms with E-state index in [-0.39, 0.29) is 11.1 Å². The van der Waals surface area contributed by atoms with E-state index in [0.29, 0.717) is 6.54 Å². The molecule has 0 N–H and O–H groups in total. The van der Waals surface area contributed by atoms with Gasteiger partial charge in [0.25, 0.3) is 0 Å². The molecule has 2 aromatic rings. The second kappa shape index (κ2) is 3.96. The molecule has 86 valence electrons. The molecule has 0 aliphatic carbocycles. The third-order valence-corrected chi connectivity index (χ3v) is 3.02. The number of fused-ring (bicyclic) bond motifs is 1. The monoisotopic (exact) mass is 249 g/mol. The van der Waals surface area contributed by atoms with E-state index in [1.54, 1.807) is 0 Å². The summed E-state index contributed by atoms with van der Waals surface area (Å²) in [6.07, 6.45) is 1.99. The second-order valence-corrected chi connectivity index (χ2v) is 4.18. The number of hydrogen-bond donors (Lipinski definition) is 0. The van der Waals surface area contributed by atoms with Gasteiger partial charge < -0.3 is 4.90 Å². The van der Waals surface area contributed by atoms with Gasteiger partial charge >= 0.3 is 0 Å². The summed E-state index contributed by atoms with van der Waals surface area (Å²) in [6, 6.07) is 7.90. The van der Waals surface area contributed by atoms with Crippen molar-refractivity contribution in [2.24, 2.45) is 0 Å². The molecule has 0 radical (unpaired) electrons. The smallest absolute Gasteiger partial charge is 0.224 e. The first-order valence-electron chi connectivity index (χ1n) is 5.29. The van der Waals surface area contributed by atoms with E-state index in [1.165, 1.54) is 5.56 Å². The Morgan fingerprint density at radius 3 is 3.00 bits per heavy atom. The molecule has 1 aliphatic rings. The van der Waals surface area contributed by atoms with Gasteiger partial charge in [0.05, 0.1) is 6.20 Å². The van der Waals surface area contributed by atoms with Crippen LogP contribution in [0.2, 0.25) is 5.28 Å². The summed E-state index contributed by atoms with van der Waals surface area (Å²) in [5.74, 6) is -0.207. The predicted octanol–water partition coefficient (Wildman–Crippen LogP) is 2.96. The highest BCUT2D eigenvalue weighted by Gasteiger charge is 2.23. The van der Waals surface area contributed by atoms with Crippen LogP contribution in [0.15, 0.2) is 30.5 Å². The molecule has 1 aliphatic heterocycles. The van der Waals surface area contributed by atoms with Gasteiger partial charge in [0.1, 0.15) is 0 Å². The van der Waals surface area contributed by atoms with E-state index >= 15 is 0 Å². The molecule has 2 heterocycles. The molecule has 1 aromatic heterocycles. The first-order chi connectivity index (χ1) is 8.25. The van der Waals surface area contributed by atoms with Crippen molar-refractivity contribution in [3.05, 3.63) is 47.1 Å². The molecule has 1 aromatic carbocycles. The number of aromatic nitrogens is 2. The van der Waals surface area contributed by atoms with Crippen LogP contribution in [0.4, 0.5) is 15.9 Å². The summed E-state index contributed by atoms with van der Waals surface area (Å²) in [6.45, 7) is 0.712. The Bertz CT molecular complexity index is 573. The molecule has 0 bridgehead atoms. The lowest BCUT2D eigenvalue weighted by atomic mass is 10.2. The molecule has 0 saturated heterocycles. The van der Waals surface area contributed by atoms with Crippen molar-refractivity contribution in [2.75, 3.05) is 11.4 Å². The van der Waals surface area contributed by atoms with Crippen molar-refractivity contribution >= 4 is 23.1 Å². The number of rotatable bonds is 1. The molecule has 0 atom stereocenters. The first kappa shape index (κ1) is 10.5. The largest absolute Gasteiger partial charge is 0.323 e. The number of hydrogen-bond acceptors (Lipinski definition) is 3. The summed E-state index contributed by atoms with van der Waals surface area (Å²) in [5, 5.41) is 0.0609. The van der Waals surface area contributed by atoms with Crippen molar-refractivity contribution in [1.82, 2.24) is 9.97 Å². The SMILES string of the molecule is Fc1cnc(Cl)nc1N1CCc2ccccc21. The van der Waals surface area contributed by atoms with Crippen LogP contribution in [0.1, 0.15) is 5.56 Å². The van der Waals surface area contributed by atoms with Crippen molar-refractivity contribution in [1.29, 1.82) is 0 Å². The van der Waals surface area contributed by atoms with Crippen LogP contribution < -0.4 is 4.90 Å². The Morgan fingerprint density at radius 2 is 2.12 bits per heavy atom. The number of benzene rings is 1. The molecule has 3 nitrogen and oxygen atoms in total. The average molecular weight is 250 g/mol. The molecule has 0 saturated carbocycles. The fraction of sp³-hybridized carbons (Fsp3) is 0.167. The maximum absolute atomic E-state index is 13.7. The van der Waals surface area contributed by atoms with E-state index in [0.717, 1.165) is 18.3 Å². The molecule has 3 rings (SSSR count). The summed E-state index contributed by atoms with van der Waals surface area (Å²) < 4.78 is 13.7. The van der Waals surface area contributed by atoms with E-state index in [1.807, 2.05) is 29.2 Å². The van der Waals surface area contributed by atoms with Crippen LogP contribution in [0, 0.1) is 5.82 Å². The third-order valence-electron chi connectivity index (χ3n) is 2.84. The van der Waals surface area contributed by atoms with Gasteiger partial charge in [-0.2, -0.15) is 4.98 Å². The summed E-state index contributed by atoms with van der Waals surface area (Å²) in [4.78, 5) is 9.41.